The van der Waals surface area contributed by atoms with Crippen LogP contribution in [0.25, 0.3) is 0 Å². The van der Waals surface area contributed by atoms with Crippen LogP contribution in [0.2, 0.25) is 0 Å². The lowest BCUT2D eigenvalue weighted by Gasteiger charge is -2.24. The van der Waals surface area contributed by atoms with Gasteiger partial charge in [0, 0.05) is 17.8 Å². The minimum atomic E-state index is 0.397. The lowest BCUT2D eigenvalue weighted by molar-refractivity contribution is 0.161. The Morgan fingerprint density at radius 2 is 2.00 bits per heavy atom. The second-order valence-electron chi connectivity index (χ2n) is 4.53. The standard InChI is InChI=1S/C13H18N2O/c1-2-12-11(6-9-15-12)13(3-1)16-10-4-7-14-8-5-10/h1-3,10,14-15H,4-9H2. The number of nitrogens with one attached hydrogen (secondary N) is 2. The fourth-order valence-electron chi connectivity index (χ4n) is 2.51. The Morgan fingerprint density at radius 1 is 1.12 bits per heavy atom. The molecule has 0 aliphatic carbocycles. The van der Waals surface area contributed by atoms with Gasteiger partial charge >= 0.3 is 0 Å². The van der Waals surface area contributed by atoms with E-state index in [-0.39, 0.29) is 0 Å². The topological polar surface area (TPSA) is 33.3 Å². The Hall–Kier alpha value is -1.22. The summed E-state index contributed by atoms with van der Waals surface area (Å²) >= 11 is 0. The van der Waals surface area contributed by atoms with Gasteiger partial charge in [-0.3, -0.25) is 0 Å². The maximum atomic E-state index is 6.12. The summed E-state index contributed by atoms with van der Waals surface area (Å²) in [5, 5.41) is 6.75. The monoisotopic (exact) mass is 218 g/mol. The summed E-state index contributed by atoms with van der Waals surface area (Å²) in [6, 6.07) is 6.32. The summed E-state index contributed by atoms with van der Waals surface area (Å²) in [6.07, 6.45) is 3.73. The van der Waals surface area contributed by atoms with E-state index in [0.717, 1.165) is 44.6 Å². The van der Waals surface area contributed by atoms with Crippen LogP contribution in [0.3, 0.4) is 0 Å². The molecule has 0 amide bonds. The molecule has 3 rings (SSSR count). The molecule has 86 valence electrons. The number of benzene rings is 1. The fraction of sp³-hybridized carbons (Fsp3) is 0.538. The van der Waals surface area contributed by atoms with Crippen molar-refractivity contribution < 1.29 is 4.74 Å². The van der Waals surface area contributed by atoms with Crippen LogP contribution in [-0.4, -0.2) is 25.7 Å². The number of hydrogen-bond donors (Lipinski definition) is 2. The van der Waals surface area contributed by atoms with E-state index in [1.54, 1.807) is 0 Å². The normalized spacial score (nSPS) is 20.2. The molecule has 2 N–H and O–H groups in total. The van der Waals surface area contributed by atoms with Crippen LogP contribution in [-0.2, 0) is 6.42 Å². The summed E-state index contributed by atoms with van der Waals surface area (Å²) in [7, 11) is 0. The molecule has 0 spiro atoms. The highest BCUT2D eigenvalue weighted by Gasteiger charge is 2.19. The van der Waals surface area contributed by atoms with Crippen LogP contribution in [0.1, 0.15) is 18.4 Å². The molecule has 2 heterocycles. The van der Waals surface area contributed by atoms with Gasteiger partial charge in [-0.1, -0.05) is 6.07 Å². The van der Waals surface area contributed by atoms with E-state index in [9.17, 15) is 0 Å². The van der Waals surface area contributed by atoms with Crippen LogP contribution in [0.15, 0.2) is 18.2 Å². The Bertz CT molecular complexity index is 372. The molecule has 0 saturated carbocycles. The van der Waals surface area contributed by atoms with E-state index in [1.165, 1.54) is 11.3 Å². The van der Waals surface area contributed by atoms with Gasteiger partial charge in [0.25, 0.3) is 0 Å². The maximum Gasteiger partial charge on any atom is 0.125 e. The first-order valence-corrected chi connectivity index (χ1v) is 6.16. The van der Waals surface area contributed by atoms with Crippen LogP contribution in [0.4, 0.5) is 5.69 Å². The fourth-order valence-corrected chi connectivity index (χ4v) is 2.51. The van der Waals surface area contributed by atoms with Crippen LogP contribution in [0.5, 0.6) is 5.75 Å². The lowest BCUT2D eigenvalue weighted by Crippen LogP contribution is -2.34. The van der Waals surface area contributed by atoms with E-state index in [1.807, 2.05) is 0 Å². The largest absolute Gasteiger partial charge is 0.490 e. The molecular weight excluding hydrogens is 200 g/mol. The first kappa shape index (κ1) is 9.97. The van der Waals surface area contributed by atoms with Crippen LogP contribution in [0, 0.1) is 0 Å². The molecule has 0 atom stereocenters. The second-order valence-corrected chi connectivity index (χ2v) is 4.53. The van der Waals surface area contributed by atoms with Crippen molar-refractivity contribution in [2.75, 3.05) is 25.0 Å². The number of piperidine rings is 1. The van der Waals surface area contributed by atoms with E-state index < -0.39 is 0 Å². The molecule has 0 aromatic heterocycles. The highest BCUT2D eigenvalue weighted by atomic mass is 16.5. The van der Waals surface area contributed by atoms with E-state index >= 15 is 0 Å². The minimum absolute atomic E-state index is 0.397. The predicted octanol–water partition coefficient (Wildman–Crippen LogP) is 1.79. The average Bonchev–Trinajstić information content (AvgIpc) is 2.80. The van der Waals surface area contributed by atoms with Gasteiger partial charge < -0.3 is 15.4 Å². The van der Waals surface area contributed by atoms with Gasteiger partial charge in [-0.2, -0.15) is 0 Å². The molecule has 16 heavy (non-hydrogen) atoms. The van der Waals surface area contributed by atoms with Crippen molar-refractivity contribution >= 4 is 5.69 Å². The van der Waals surface area contributed by atoms with Gasteiger partial charge in [-0.15, -0.1) is 0 Å². The third kappa shape index (κ3) is 1.87. The van der Waals surface area contributed by atoms with Crippen molar-refractivity contribution in [3.05, 3.63) is 23.8 Å². The molecule has 0 radical (unpaired) electrons. The zero-order chi connectivity index (χ0) is 10.8. The number of ether oxygens (including phenoxy) is 1. The number of anilines is 1. The van der Waals surface area contributed by atoms with Gasteiger partial charge in [0.05, 0.1) is 0 Å². The Labute approximate surface area is 96.2 Å². The highest BCUT2D eigenvalue weighted by Crippen LogP contribution is 2.32. The second kappa shape index (κ2) is 4.34. The molecule has 0 bridgehead atoms. The number of hydrogen-bond acceptors (Lipinski definition) is 3. The van der Waals surface area contributed by atoms with Crippen molar-refractivity contribution in [2.45, 2.75) is 25.4 Å². The lowest BCUT2D eigenvalue weighted by atomic mass is 10.1. The maximum absolute atomic E-state index is 6.12. The van der Waals surface area contributed by atoms with Gasteiger partial charge in [0.1, 0.15) is 11.9 Å². The van der Waals surface area contributed by atoms with Gasteiger partial charge in [0.15, 0.2) is 0 Å². The molecular formula is C13H18N2O. The molecule has 1 saturated heterocycles. The third-order valence-electron chi connectivity index (χ3n) is 3.40. The van der Waals surface area contributed by atoms with Crippen molar-refractivity contribution in [1.82, 2.24) is 5.32 Å². The highest BCUT2D eigenvalue weighted by molar-refractivity contribution is 5.61. The molecule has 0 unspecified atom stereocenters. The van der Waals surface area contributed by atoms with Crippen LogP contribution < -0.4 is 15.4 Å². The smallest absolute Gasteiger partial charge is 0.125 e. The third-order valence-corrected chi connectivity index (χ3v) is 3.40. The minimum Gasteiger partial charge on any atom is -0.490 e. The molecule has 1 aromatic rings. The predicted molar refractivity (Wildman–Crippen MR) is 65.2 cm³/mol. The molecule has 3 nitrogen and oxygen atoms in total. The molecule has 2 aliphatic rings. The van der Waals surface area contributed by atoms with E-state index in [2.05, 4.69) is 28.8 Å². The van der Waals surface area contributed by atoms with E-state index in [0.29, 0.717) is 6.10 Å². The first-order valence-electron chi connectivity index (χ1n) is 6.16. The summed E-state index contributed by atoms with van der Waals surface area (Å²) in [4.78, 5) is 0. The zero-order valence-electron chi connectivity index (χ0n) is 9.46. The Morgan fingerprint density at radius 3 is 2.88 bits per heavy atom. The molecule has 2 aliphatic heterocycles. The summed E-state index contributed by atoms with van der Waals surface area (Å²) in [6.45, 7) is 3.21. The number of fused-ring (bicyclic) bond motifs is 1. The zero-order valence-corrected chi connectivity index (χ0v) is 9.46. The van der Waals surface area contributed by atoms with Crippen molar-refractivity contribution in [1.29, 1.82) is 0 Å². The van der Waals surface area contributed by atoms with E-state index in [4.69, 9.17) is 4.74 Å². The van der Waals surface area contributed by atoms with Gasteiger partial charge in [-0.05, 0) is 44.5 Å². The van der Waals surface area contributed by atoms with Crippen LogP contribution >= 0.6 is 0 Å². The summed E-state index contributed by atoms with van der Waals surface area (Å²) < 4.78 is 6.12. The van der Waals surface area contributed by atoms with Crippen molar-refractivity contribution in [3.8, 4) is 5.75 Å². The molecule has 1 aromatic carbocycles. The van der Waals surface area contributed by atoms with Crippen molar-refractivity contribution in [3.63, 3.8) is 0 Å². The van der Waals surface area contributed by atoms with Crippen molar-refractivity contribution in [2.24, 2.45) is 0 Å². The molecule has 3 heteroatoms. The van der Waals surface area contributed by atoms with Gasteiger partial charge in [-0.25, -0.2) is 0 Å². The summed E-state index contributed by atoms with van der Waals surface area (Å²) in [5.74, 6) is 1.09. The average molecular weight is 218 g/mol. The molecule has 1 fully saturated rings. The first-order chi connectivity index (χ1) is 7.93. The Kier molecular flexibility index (Phi) is 2.70. The quantitative estimate of drug-likeness (QED) is 0.794. The summed E-state index contributed by atoms with van der Waals surface area (Å²) in [5.41, 5.74) is 2.62. The number of rotatable bonds is 2. The van der Waals surface area contributed by atoms with Gasteiger partial charge in [0.2, 0.25) is 0 Å². The SMILES string of the molecule is c1cc2c(c(OC3CCNCC3)c1)CCN2. The Balaban J connectivity index is 1.76.